The standard InChI is InChI=1S/C22H21FN2O/c1-4-14-26-24-16(2)21-15-22(18-10-12-19(23)13-11-18)25(17(21)3)20-8-6-5-7-9-20/h4-13,15H,1,14H2,2-3H3/b24-16+. The van der Waals surface area contributed by atoms with E-state index >= 15 is 0 Å². The van der Waals surface area contributed by atoms with Crippen molar-refractivity contribution in [3.63, 3.8) is 0 Å². The normalized spacial score (nSPS) is 11.4. The van der Waals surface area contributed by atoms with Gasteiger partial charge in [-0.15, -0.1) is 0 Å². The fourth-order valence-electron chi connectivity index (χ4n) is 2.95. The van der Waals surface area contributed by atoms with Crippen molar-refractivity contribution in [2.24, 2.45) is 5.16 Å². The Morgan fingerprint density at radius 2 is 1.85 bits per heavy atom. The molecular formula is C22H21FN2O. The molecule has 26 heavy (non-hydrogen) atoms. The third-order valence-electron chi connectivity index (χ3n) is 4.19. The average molecular weight is 348 g/mol. The SMILES string of the molecule is C=CCO/N=C(\C)c1cc(-c2ccc(F)cc2)n(-c2ccccc2)c1C. The molecule has 1 aromatic heterocycles. The minimum Gasteiger partial charge on any atom is -0.391 e. The van der Waals surface area contributed by atoms with Gasteiger partial charge in [-0.2, -0.15) is 0 Å². The Morgan fingerprint density at radius 1 is 1.15 bits per heavy atom. The topological polar surface area (TPSA) is 26.5 Å². The summed E-state index contributed by atoms with van der Waals surface area (Å²) in [6, 6.07) is 18.6. The Bertz CT molecular complexity index is 925. The van der Waals surface area contributed by atoms with E-state index in [-0.39, 0.29) is 5.82 Å². The summed E-state index contributed by atoms with van der Waals surface area (Å²) in [6.45, 7) is 7.94. The monoisotopic (exact) mass is 348 g/mol. The molecule has 0 aliphatic carbocycles. The minimum absolute atomic E-state index is 0.251. The van der Waals surface area contributed by atoms with Gasteiger partial charge >= 0.3 is 0 Å². The second-order valence-corrected chi connectivity index (χ2v) is 5.97. The number of nitrogens with zero attached hydrogens (tertiary/aromatic N) is 2. The molecular weight excluding hydrogens is 327 g/mol. The van der Waals surface area contributed by atoms with Gasteiger partial charge in [-0.25, -0.2) is 4.39 Å². The van der Waals surface area contributed by atoms with Crippen LogP contribution in [0.1, 0.15) is 18.2 Å². The van der Waals surface area contributed by atoms with E-state index in [9.17, 15) is 4.39 Å². The lowest BCUT2D eigenvalue weighted by molar-refractivity contribution is 0.175. The van der Waals surface area contributed by atoms with Crippen molar-refractivity contribution < 1.29 is 9.23 Å². The van der Waals surface area contributed by atoms with Crippen LogP contribution in [0.15, 0.2) is 78.5 Å². The van der Waals surface area contributed by atoms with Crippen LogP contribution in [0.3, 0.4) is 0 Å². The Hall–Kier alpha value is -3.14. The molecule has 3 rings (SSSR count). The number of rotatable bonds is 6. The van der Waals surface area contributed by atoms with E-state index in [4.69, 9.17) is 4.84 Å². The van der Waals surface area contributed by atoms with Gasteiger partial charge in [0.15, 0.2) is 0 Å². The second-order valence-electron chi connectivity index (χ2n) is 5.97. The number of aromatic nitrogens is 1. The fraction of sp³-hybridized carbons (Fsp3) is 0.136. The van der Waals surface area contributed by atoms with Crippen LogP contribution in [0.5, 0.6) is 0 Å². The first-order valence-electron chi connectivity index (χ1n) is 8.43. The van der Waals surface area contributed by atoms with Gasteiger partial charge in [-0.3, -0.25) is 0 Å². The largest absolute Gasteiger partial charge is 0.391 e. The molecule has 1 heterocycles. The quantitative estimate of drug-likeness (QED) is 0.249. The molecule has 0 spiro atoms. The highest BCUT2D eigenvalue weighted by Crippen LogP contribution is 2.30. The van der Waals surface area contributed by atoms with Crippen LogP contribution in [-0.2, 0) is 4.84 Å². The van der Waals surface area contributed by atoms with Crippen molar-refractivity contribution in [2.75, 3.05) is 6.61 Å². The van der Waals surface area contributed by atoms with Crippen molar-refractivity contribution >= 4 is 5.71 Å². The number of hydrogen-bond acceptors (Lipinski definition) is 2. The molecule has 3 nitrogen and oxygen atoms in total. The van der Waals surface area contributed by atoms with Crippen LogP contribution < -0.4 is 0 Å². The molecule has 0 unspecified atom stereocenters. The molecule has 0 bridgehead atoms. The second kappa shape index (κ2) is 7.83. The van der Waals surface area contributed by atoms with Gasteiger partial charge in [-0.05, 0) is 61.9 Å². The van der Waals surface area contributed by atoms with E-state index in [2.05, 4.69) is 22.4 Å². The molecule has 0 aliphatic rings. The molecule has 0 amide bonds. The molecule has 2 aromatic carbocycles. The zero-order chi connectivity index (χ0) is 18.5. The highest BCUT2D eigenvalue weighted by Gasteiger charge is 2.17. The van der Waals surface area contributed by atoms with E-state index in [0.29, 0.717) is 6.61 Å². The molecule has 0 N–H and O–H groups in total. The maximum absolute atomic E-state index is 13.4. The number of benzene rings is 2. The molecule has 132 valence electrons. The molecule has 0 saturated heterocycles. The fourth-order valence-corrected chi connectivity index (χ4v) is 2.95. The van der Waals surface area contributed by atoms with E-state index < -0.39 is 0 Å². The summed E-state index contributed by atoms with van der Waals surface area (Å²) in [4.78, 5) is 5.24. The van der Waals surface area contributed by atoms with Crippen molar-refractivity contribution in [1.82, 2.24) is 4.57 Å². The molecule has 3 aromatic rings. The first kappa shape index (κ1) is 17.7. The van der Waals surface area contributed by atoms with Crippen LogP contribution in [0.4, 0.5) is 4.39 Å². The summed E-state index contributed by atoms with van der Waals surface area (Å²) < 4.78 is 15.5. The van der Waals surface area contributed by atoms with Gasteiger partial charge in [0.1, 0.15) is 12.4 Å². The molecule has 0 fully saturated rings. The molecule has 0 aliphatic heterocycles. The van der Waals surface area contributed by atoms with Gasteiger partial charge in [0.2, 0.25) is 0 Å². The number of para-hydroxylation sites is 1. The van der Waals surface area contributed by atoms with Gasteiger partial charge in [0.25, 0.3) is 0 Å². The van der Waals surface area contributed by atoms with Crippen molar-refractivity contribution in [1.29, 1.82) is 0 Å². The van der Waals surface area contributed by atoms with Gasteiger partial charge in [0.05, 0.1) is 11.4 Å². The Kier molecular flexibility index (Phi) is 5.32. The molecule has 4 heteroatoms. The van der Waals surface area contributed by atoms with Crippen LogP contribution in [-0.4, -0.2) is 16.9 Å². The highest BCUT2D eigenvalue weighted by molar-refractivity contribution is 6.01. The summed E-state index contributed by atoms with van der Waals surface area (Å²) in [5.74, 6) is -0.251. The van der Waals surface area contributed by atoms with Crippen LogP contribution in [0.25, 0.3) is 16.9 Å². The van der Waals surface area contributed by atoms with E-state index in [1.54, 1.807) is 18.2 Å². The van der Waals surface area contributed by atoms with Crippen LogP contribution >= 0.6 is 0 Å². The number of hydrogen-bond donors (Lipinski definition) is 0. The number of halogens is 1. The highest BCUT2D eigenvalue weighted by atomic mass is 19.1. The lowest BCUT2D eigenvalue weighted by Crippen LogP contribution is -2.02. The lowest BCUT2D eigenvalue weighted by atomic mass is 10.1. The van der Waals surface area contributed by atoms with Gasteiger partial charge < -0.3 is 9.40 Å². The summed E-state index contributed by atoms with van der Waals surface area (Å²) in [7, 11) is 0. The van der Waals surface area contributed by atoms with E-state index in [0.717, 1.165) is 33.9 Å². The van der Waals surface area contributed by atoms with E-state index in [1.165, 1.54) is 12.1 Å². The maximum atomic E-state index is 13.4. The Morgan fingerprint density at radius 3 is 2.50 bits per heavy atom. The smallest absolute Gasteiger partial charge is 0.135 e. The maximum Gasteiger partial charge on any atom is 0.135 e. The summed E-state index contributed by atoms with van der Waals surface area (Å²) >= 11 is 0. The Balaban J connectivity index is 2.16. The predicted octanol–water partition coefficient (Wildman–Crippen LogP) is 5.52. The van der Waals surface area contributed by atoms with Gasteiger partial charge in [-0.1, -0.05) is 36.0 Å². The first-order valence-corrected chi connectivity index (χ1v) is 8.43. The zero-order valence-electron chi connectivity index (χ0n) is 14.9. The minimum atomic E-state index is -0.251. The average Bonchev–Trinajstić information content (AvgIpc) is 3.00. The molecule has 0 radical (unpaired) electrons. The van der Waals surface area contributed by atoms with Gasteiger partial charge in [0, 0.05) is 16.9 Å². The summed E-state index contributed by atoms with van der Waals surface area (Å²) in [6.07, 6.45) is 1.66. The third kappa shape index (κ3) is 3.59. The Labute approximate surface area is 153 Å². The molecule has 0 atom stereocenters. The van der Waals surface area contributed by atoms with Crippen LogP contribution in [0, 0.1) is 12.7 Å². The van der Waals surface area contributed by atoms with Crippen LogP contribution in [0.2, 0.25) is 0 Å². The van der Waals surface area contributed by atoms with E-state index in [1.807, 2.05) is 44.2 Å². The lowest BCUT2D eigenvalue weighted by Gasteiger charge is -2.12. The van der Waals surface area contributed by atoms with Crippen molar-refractivity contribution in [3.8, 4) is 16.9 Å². The number of oxime groups is 1. The van der Waals surface area contributed by atoms with Crippen molar-refractivity contribution in [2.45, 2.75) is 13.8 Å². The zero-order valence-corrected chi connectivity index (χ0v) is 14.9. The summed E-state index contributed by atoms with van der Waals surface area (Å²) in [5.41, 5.74) is 5.75. The first-order chi connectivity index (χ1) is 12.6. The predicted molar refractivity (Wildman–Crippen MR) is 104 cm³/mol. The van der Waals surface area contributed by atoms with Crippen molar-refractivity contribution in [3.05, 3.63) is 90.4 Å². The molecule has 0 saturated carbocycles. The third-order valence-corrected chi connectivity index (χ3v) is 4.19. The summed E-state index contributed by atoms with van der Waals surface area (Å²) in [5, 5.41) is 4.17.